The monoisotopic (exact) mass is 398 g/mol. The Morgan fingerprint density at radius 1 is 0.875 bits per heavy atom. The summed E-state index contributed by atoms with van der Waals surface area (Å²) >= 11 is 11.3. The lowest BCUT2D eigenvalue weighted by molar-refractivity contribution is -0.290. The largest absolute Gasteiger partial charge is 0.459 e. The van der Waals surface area contributed by atoms with E-state index in [0.29, 0.717) is 23.0 Å². The zero-order valence-corrected chi connectivity index (χ0v) is 12.5. The maximum atomic E-state index is 13.2. The van der Waals surface area contributed by atoms with Crippen molar-refractivity contribution in [3.8, 4) is 5.69 Å². The van der Waals surface area contributed by atoms with Crippen LogP contribution in [-0.4, -0.2) is 15.7 Å². The second-order valence-electron chi connectivity index (χ2n) is 4.52. The summed E-state index contributed by atoms with van der Waals surface area (Å²) in [6.07, 6.45) is -9.83. The molecule has 0 aliphatic rings. The second kappa shape index (κ2) is 5.76. The Morgan fingerprint density at radius 2 is 1.38 bits per heavy atom. The molecule has 0 bridgehead atoms. The molecule has 1 heterocycles. The number of hydrogen-bond donors (Lipinski definition) is 0. The molecule has 132 valence electrons. The minimum atomic E-state index is -5.89. The van der Waals surface area contributed by atoms with E-state index in [0.717, 1.165) is 0 Å². The van der Waals surface area contributed by atoms with Crippen molar-refractivity contribution < 1.29 is 35.1 Å². The Labute approximate surface area is 138 Å². The lowest BCUT2D eigenvalue weighted by Gasteiger charge is -2.17. The van der Waals surface area contributed by atoms with Gasteiger partial charge in [-0.2, -0.15) is 35.1 Å². The van der Waals surface area contributed by atoms with Crippen molar-refractivity contribution in [2.45, 2.75) is 18.3 Å². The molecule has 0 spiro atoms. The number of aromatic nitrogens is 2. The van der Waals surface area contributed by atoms with E-state index in [-0.39, 0.29) is 6.20 Å². The average molecular weight is 399 g/mol. The van der Waals surface area contributed by atoms with Gasteiger partial charge in [-0.1, -0.05) is 23.2 Å². The fourth-order valence-electron chi connectivity index (χ4n) is 1.73. The SMILES string of the molecule is FC(F)(F)c1cc(Cl)c(-n2cnc(C(F)(F)C(F)(F)F)c2)c(Cl)c1. The summed E-state index contributed by atoms with van der Waals surface area (Å²) in [6, 6.07) is 0.925. The van der Waals surface area contributed by atoms with Gasteiger partial charge in [-0.05, 0) is 12.1 Å². The molecule has 2 nitrogen and oxygen atoms in total. The highest BCUT2D eigenvalue weighted by molar-refractivity contribution is 6.37. The number of alkyl halides is 8. The Bertz CT molecular complexity index is 740. The highest BCUT2D eigenvalue weighted by atomic mass is 35.5. The van der Waals surface area contributed by atoms with E-state index < -0.39 is 45.3 Å². The molecule has 0 atom stereocenters. The maximum Gasteiger partial charge on any atom is 0.459 e. The van der Waals surface area contributed by atoms with Crippen LogP contribution in [0.3, 0.4) is 0 Å². The van der Waals surface area contributed by atoms with Crippen LogP contribution in [0.2, 0.25) is 10.0 Å². The van der Waals surface area contributed by atoms with Gasteiger partial charge in [0.1, 0.15) is 5.69 Å². The van der Waals surface area contributed by atoms with Gasteiger partial charge in [0, 0.05) is 6.20 Å². The minimum Gasteiger partial charge on any atom is -0.303 e. The van der Waals surface area contributed by atoms with Gasteiger partial charge >= 0.3 is 18.3 Å². The van der Waals surface area contributed by atoms with E-state index in [4.69, 9.17) is 23.2 Å². The standard InChI is InChI=1S/C12H4Cl2F8N2/c13-6-1-5(11(17,18)19)2-7(14)9(6)24-3-8(23-4-24)10(15,16)12(20,21)22/h1-4H. The molecule has 1 aromatic carbocycles. The Kier molecular flexibility index (Phi) is 4.51. The van der Waals surface area contributed by atoms with Gasteiger partial charge < -0.3 is 4.57 Å². The third-order valence-electron chi connectivity index (χ3n) is 2.86. The number of nitrogens with zero attached hydrogens (tertiary/aromatic N) is 2. The fraction of sp³-hybridized carbons (Fsp3) is 0.250. The minimum absolute atomic E-state index is 0.286. The summed E-state index contributed by atoms with van der Waals surface area (Å²) in [5.74, 6) is -5.25. The van der Waals surface area contributed by atoms with Gasteiger partial charge in [0.05, 0.1) is 27.6 Å². The first kappa shape index (κ1) is 18.8. The first-order chi connectivity index (χ1) is 10.7. The molecule has 0 unspecified atom stereocenters. The fourth-order valence-corrected chi connectivity index (χ4v) is 2.41. The number of imidazole rings is 1. The predicted molar refractivity (Wildman–Crippen MR) is 68.5 cm³/mol. The molecule has 0 saturated heterocycles. The van der Waals surface area contributed by atoms with Gasteiger partial charge in [0.25, 0.3) is 0 Å². The molecule has 12 heteroatoms. The topological polar surface area (TPSA) is 17.8 Å². The van der Waals surface area contributed by atoms with E-state index in [2.05, 4.69) is 4.98 Å². The van der Waals surface area contributed by atoms with Crippen molar-refractivity contribution in [3.05, 3.63) is 46.0 Å². The summed E-state index contributed by atoms with van der Waals surface area (Å²) in [5, 5.41) is -1.21. The number of halogens is 10. The lowest BCUT2D eigenvalue weighted by atomic mass is 10.2. The van der Waals surface area contributed by atoms with Crippen molar-refractivity contribution in [2.24, 2.45) is 0 Å². The number of hydrogen-bond acceptors (Lipinski definition) is 1. The molecule has 0 N–H and O–H groups in total. The van der Waals surface area contributed by atoms with Crippen molar-refractivity contribution in [3.63, 3.8) is 0 Å². The highest BCUT2D eigenvalue weighted by Gasteiger charge is 2.60. The van der Waals surface area contributed by atoms with Crippen LogP contribution in [0.15, 0.2) is 24.7 Å². The van der Waals surface area contributed by atoms with Crippen LogP contribution in [0.5, 0.6) is 0 Å². The van der Waals surface area contributed by atoms with Gasteiger partial charge in [0.15, 0.2) is 0 Å². The number of benzene rings is 1. The van der Waals surface area contributed by atoms with Crippen molar-refractivity contribution in [2.75, 3.05) is 0 Å². The normalized spacial score (nSPS) is 13.4. The van der Waals surface area contributed by atoms with E-state index >= 15 is 0 Å². The molecule has 2 rings (SSSR count). The zero-order chi connectivity index (χ0) is 18.5. The van der Waals surface area contributed by atoms with Gasteiger partial charge in [-0.3, -0.25) is 0 Å². The van der Waals surface area contributed by atoms with Crippen molar-refractivity contribution in [1.29, 1.82) is 0 Å². The molecule has 0 amide bonds. The van der Waals surface area contributed by atoms with Gasteiger partial charge in [-0.15, -0.1) is 0 Å². The number of rotatable bonds is 2. The van der Waals surface area contributed by atoms with E-state index in [1.807, 2.05) is 0 Å². The van der Waals surface area contributed by atoms with Crippen LogP contribution in [0, 0.1) is 0 Å². The molecule has 0 aliphatic heterocycles. The molecule has 0 radical (unpaired) electrons. The van der Waals surface area contributed by atoms with Crippen LogP contribution in [0.4, 0.5) is 35.1 Å². The quantitative estimate of drug-likeness (QED) is 0.580. The lowest BCUT2D eigenvalue weighted by Crippen LogP contribution is -2.33. The maximum absolute atomic E-state index is 13.2. The third kappa shape index (κ3) is 3.30. The Morgan fingerprint density at radius 3 is 1.79 bits per heavy atom. The molecular weight excluding hydrogens is 395 g/mol. The smallest absolute Gasteiger partial charge is 0.303 e. The van der Waals surface area contributed by atoms with E-state index in [1.54, 1.807) is 0 Å². The average Bonchev–Trinajstić information content (AvgIpc) is 2.85. The van der Waals surface area contributed by atoms with Crippen LogP contribution < -0.4 is 0 Å². The second-order valence-corrected chi connectivity index (χ2v) is 5.34. The summed E-state index contributed by atoms with van der Waals surface area (Å²) in [5.41, 5.74) is -3.27. The summed E-state index contributed by atoms with van der Waals surface area (Å²) < 4.78 is 102. The van der Waals surface area contributed by atoms with Crippen LogP contribution >= 0.6 is 23.2 Å². The molecule has 1 aromatic heterocycles. The molecule has 24 heavy (non-hydrogen) atoms. The molecule has 0 aliphatic carbocycles. The molecule has 0 saturated carbocycles. The summed E-state index contributed by atoms with van der Waals surface area (Å²) in [4.78, 5) is 2.94. The first-order valence-electron chi connectivity index (χ1n) is 5.81. The van der Waals surface area contributed by atoms with Crippen LogP contribution in [0.25, 0.3) is 5.69 Å². The van der Waals surface area contributed by atoms with Crippen LogP contribution in [0.1, 0.15) is 11.3 Å². The molecule has 0 fully saturated rings. The predicted octanol–water partition coefficient (Wildman–Crippen LogP) is 5.85. The van der Waals surface area contributed by atoms with Gasteiger partial charge in [-0.25, -0.2) is 4.98 Å². The Hall–Kier alpha value is -1.55. The summed E-state index contributed by atoms with van der Waals surface area (Å²) in [6.45, 7) is 0. The van der Waals surface area contributed by atoms with Crippen molar-refractivity contribution >= 4 is 23.2 Å². The molecular formula is C12H4Cl2F8N2. The zero-order valence-electron chi connectivity index (χ0n) is 11.0. The van der Waals surface area contributed by atoms with Crippen molar-refractivity contribution in [1.82, 2.24) is 9.55 Å². The first-order valence-corrected chi connectivity index (χ1v) is 6.56. The van der Waals surface area contributed by atoms with E-state index in [9.17, 15) is 35.1 Å². The highest BCUT2D eigenvalue weighted by Crippen LogP contribution is 2.44. The van der Waals surface area contributed by atoms with E-state index in [1.165, 1.54) is 0 Å². The van der Waals surface area contributed by atoms with Crippen LogP contribution in [-0.2, 0) is 12.1 Å². The third-order valence-corrected chi connectivity index (χ3v) is 3.44. The Balaban J connectivity index is 2.52. The van der Waals surface area contributed by atoms with Gasteiger partial charge in [0.2, 0.25) is 0 Å². The molecule has 2 aromatic rings. The summed E-state index contributed by atoms with van der Waals surface area (Å²) in [7, 11) is 0.